The van der Waals surface area contributed by atoms with Gasteiger partial charge in [0.05, 0.1) is 5.41 Å². The van der Waals surface area contributed by atoms with E-state index in [0.717, 1.165) is 51.3 Å². The lowest BCUT2D eigenvalue weighted by Crippen LogP contribution is -2.51. The van der Waals surface area contributed by atoms with Crippen LogP contribution in [0.3, 0.4) is 0 Å². The average molecular weight is 318 g/mol. The monoisotopic (exact) mass is 318 g/mol. The Morgan fingerprint density at radius 1 is 1.30 bits per heavy atom. The normalized spacial score (nSPS) is 32.0. The van der Waals surface area contributed by atoms with Crippen LogP contribution < -0.4 is 5.32 Å². The smallest absolute Gasteiger partial charge is 0.230 e. The number of hydrogen-bond acceptors (Lipinski definition) is 5. The standard InChI is InChI=1S/C17H26N4O2/c1-12-19-15(23-20-12)13-5-8-21(9-6-13)16(22)17-7-3-2-4-14(17)10-18-11-17/h13-14,18H,2-11H2,1H3/t14-,17+/m0/s1. The van der Waals surface area contributed by atoms with E-state index in [4.69, 9.17) is 4.52 Å². The van der Waals surface area contributed by atoms with Gasteiger partial charge in [0.1, 0.15) is 0 Å². The van der Waals surface area contributed by atoms with E-state index in [1.165, 1.54) is 19.3 Å². The van der Waals surface area contributed by atoms with Crippen LogP contribution in [-0.2, 0) is 4.79 Å². The fourth-order valence-electron chi connectivity index (χ4n) is 4.79. The molecule has 1 aromatic heterocycles. The quantitative estimate of drug-likeness (QED) is 0.901. The molecule has 6 heteroatoms. The van der Waals surface area contributed by atoms with Crippen molar-refractivity contribution in [3.63, 3.8) is 0 Å². The molecule has 1 aliphatic carbocycles. The number of piperidine rings is 1. The molecule has 0 radical (unpaired) electrons. The van der Waals surface area contributed by atoms with Crippen molar-refractivity contribution in [2.45, 2.75) is 51.4 Å². The maximum atomic E-state index is 13.2. The SMILES string of the molecule is Cc1noc(C2CCN(C(=O)[C@@]34CCCC[C@H]3CNC4)CC2)n1. The Bertz CT molecular complexity index is 579. The first-order valence-electron chi connectivity index (χ1n) is 8.99. The molecule has 4 rings (SSSR count). The Morgan fingerprint density at radius 2 is 2.13 bits per heavy atom. The average Bonchev–Trinajstić information content (AvgIpc) is 3.21. The fraction of sp³-hybridized carbons (Fsp3) is 0.824. The van der Waals surface area contributed by atoms with E-state index in [1.54, 1.807) is 0 Å². The van der Waals surface area contributed by atoms with Crippen LogP contribution in [0.25, 0.3) is 0 Å². The van der Waals surface area contributed by atoms with E-state index in [9.17, 15) is 4.79 Å². The minimum absolute atomic E-state index is 0.119. The zero-order valence-electron chi connectivity index (χ0n) is 13.9. The van der Waals surface area contributed by atoms with Gasteiger partial charge in [-0.3, -0.25) is 4.79 Å². The van der Waals surface area contributed by atoms with Gasteiger partial charge in [0.15, 0.2) is 5.82 Å². The van der Waals surface area contributed by atoms with Crippen LogP contribution in [0, 0.1) is 18.3 Å². The number of likely N-dealkylation sites (tertiary alicyclic amines) is 1. The number of hydrogen-bond donors (Lipinski definition) is 1. The fourth-order valence-corrected chi connectivity index (χ4v) is 4.79. The van der Waals surface area contributed by atoms with Crippen LogP contribution in [0.5, 0.6) is 0 Å². The van der Waals surface area contributed by atoms with Gasteiger partial charge in [-0.05, 0) is 45.1 Å². The summed E-state index contributed by atoms with van der Waals surface area (Å²) in [6, 6.07) is 0. The minimum Gasteiger partial charge on any atom is -0.342 e. The molecule has 2 saturated heterocycles. The molecule has 0 aromatic carbocycles. The van der Waals surface area contributed by atoms with Crippen LogP contribution in [0.1, 0.15) is 56.2 Å². The second-order valence-corrected chi connectivity index (χ2v) is 7.48. The number of carbonyl (C=O) groups excluding carboxylic acids is 1. The number of fused-ring (bicyclic) bond motifs is 1. The molecule has 1 saturated carbocycles. The van der Waals surface area contributed by atoms with Crippen molar-refractivity contribution in [1.29, 1.82) is 0 Å². The van der Waals surface area contributed by atoms with Crippen LogP contribution in [0.2, 0.25) is 0 Å². The predicted molar refractivity (Wildman–Crippen MR) is 84.9 cm³/mol. The van der Waals surface area contributed by atoms with Crippen LogP contribution in [0.4, 0.5) is 0 Å². The maximum Gasteiger partial charge on any atom is 0.230 e. The molecule has 0 spiro atoms. The highest BCUT2D eigenvalue weighted by atomic mass is 16.5. The summed E-state index contributed by atoms with van der Waals surface area (Å²) in [7, 11) is 0. The molecule has 6 nitrogen and oxygen atoms in total. The van der Waals surface area contributed by atoms with E-state index in [1.807, 2.05) is 6.92 Å². The molecule has 1 amide bonds. The van der Waals surface area contributed by atoms with E-state index in [-0.39, 0.29) is 5.41 Å². The van der Waals surface area contributed by atoms with Gasteiger partial charge in [0, 0.05) is 25.6 Å². The molecule has 0 unspecified atom stereocenters. The molecule has 3 fully saturated rings. The van der Waals surface area contributed by atoms with Crippen molar-refractivity contribution in [2.24, 2.45) is 11.3 Å². The lowest BCUT2D eigenvalue weighted by molar-refractivity contribution is -0.146. The number of nitrogens with zero attached hydrogens (tertiary/aromatic N) is 3. The highest BCUT2D eigenvalue weighted by molar-refractivity contribution is 5.84. The zero-order valence-corrected chi connectivity index (χ0v) is 13.9. The van der Waals surface area contributed by atoms with Gasteiger partial charge in [0.2, 0.25) is 11.8 Å². The van der Waals surface area contributed by atoms with Gasteiger partial charge in [-0.25, -0.2) is 0 Å². The number of amides is 1. The van der Waals surface area contributed by atoms with E-state index in [2.05, 4.69) is 20.4 Å². The molecule has 2 atom stereocenters. The summed E-state index contributed by atoms with van der Waals surface area (Å²) in [5.74, 6) is 2.68. The zero-order chi connectivity index (χ0) is 15.9. The van der Waals surface area contributed by atoms with E-state index < -0.39 is 0 Å². The molecule has 23 heavy (non-hydrogen) atoms. The van der Waals surface area contributed by atoms with Gasteiger partial charge >= 0.3 is 0 Å². The lowest BCUT2D eigenvalue weighted by Gasteiger charge is -2.42. The lowest BCUT2D eigenvalue weighted by atomic mass is 9.67. The Hall–Kier alpha value is -1.43. The third-order valence-corrected chi connectivity index (χ3v) is 6.14. The van der Waals surface area contributed by atoms with Crippen LogP contribution >= 0.6 is 0 Å². The molecule has 1 aromatic rings. The largest absolute Gasteiger partial charge is 0.342 e. The minimum atomic E-state index is -0.119. The van der Waals surface area contributed by atoms with Gasteiger partial charge in [0.25, 0.3) is 0 Å². The van der Waals surface area contributed by atoms with Crippen molar-refractivity contribution in [1.82, 2.24) is 20.4 Å². The van der Waals surface area contributed by atoms with Crippen molar-refractivity contribution >= 4 is 5.91 Å². The van der Waals surface area contributed by atoms with Gasteiger partial charge in [-0.15, -0.1) is 0 Å². The van der Waals surface area contributed by atoms with Crippen LogP contribution in [0.15, 0.2) is 4.52 Å². The van der Waals surface area contributed by atoms with Gasteiger partial charge in [-0.1, -0.05) is 18.0 Å². The number of aromatic nitrogens is 2. The Balaban J connectivity index is 1.42. The summed E-state index contributed by atoms with van der Waals surface area (Å²) in [4.78, 5) is 19.7. The summed E-state index contributed by atoms with van der Waals surface area (Å²) in [5.41, 5.74) is -0.119. The van der Waals surface area contributed by atoms with E-state index in [0.29, 0.717) is 23.6 Å². The first-order chi connectivity index (χ1) is 11.2. The van der Waals surface area contributed by atoms with Crippen molar-refractivity contribution < 1.29 is 9.32 Å². The first-order valence-corrected chi connectivity index (χ1v) is 8.99. The highest BCUT2D eigenvalue weighted by Crippen LogP contribution is 2.45. The topological polar surface area (TPSA) is 71.3 Å². The number of rotatable bonds is 2. The number of nitrogens with one attached hydrogen (secondary N) is 1. The van der Waals surface area contributed by atoms with Crippen molar-refractivity contribution in [3.8, 4) is 0 Å². The molecular formula is C17H26N4O2. The van der Waals surface area contributed by atoms with Gasteiger partial charge < -0.3 is 14.7 Å². The Labute approximate surface area is 137 Å². The second kappa shape index (κ2) is 5.89. The first kappa shape index (κ1) is 15.1. The molecule has 3 aliphatic rings. The van der Waals surface area contributed by atoms with E-state index >= 15 is 0 Å². The third-order valence-electron chi connectivity index (χ3n) is 6.14. The molecule has 3 heterocycles. The maximum absolute atomic E-state index is 13.2. The molecular weight excluding hydrogens is 292 g/mol. The Kier molecular flexibility index (Phi) is 3.87. The van der Waals surface area contributed by atoms with Crippen LogP contribution in [-0.4, -0.2) is 47.1 Å². The van der Waals surface area contributed by atoms with Crippen molar-refractivity contribution in [2.75, 3.05) is 26.2 Å². The number of carbonyl (C=O) groups is 1. The summed E-state index contributed by atoms with van der Waals surface area (Å²) in [5, 5.41) is 7.37. The summed E-state index contributed by atoms with van der Waals surface area (Å²) < 4.78 is 5.31. The van der Waals surface area contributed by atoms with Crippen molar-refractivity contribution in [3.05, 3.63) is 11.7 Å². The second-order valence-electron chi connectivity index (χ2n) is 7.48. The third kappa shape index (κ3) is 2.57. The molecule has 2 aliphatic heterocycles. The molecule has 0 bridgehead atoms. The highest BCUT2D eigenvalue weighted by Gasteiger charge is 2.51. The molecule has 1 N–H and O–H groups in total. The summed E-state index contributed by atoms with van der Waals surface area (Å²) >= 11 is 0. The summed E-state index contributed by atoms with van der Waals surface area (Å²) in [6.45, 7) is 5.38. The summed E-state index contributed by atoms with van der Waals surface area (Å²) in [6.07, 6.45) is 6.60. The van der Waals surface area contributed by atoms with Gasteiger partial charge in [-0.2, -0.15) is 4.98 Å². The Morgan fingerprint density at radius 3 is 2.87 bits per heavy atom. The molecule has 126 valence electrons. The predicted octanol–water partition coefficient (Wildman–Crippen LogP) is 1.86. The number of aryl methyl sites for hydroxylation is 1.